The Hall–Kier alpha value is -1.68. The monoisotopic (exact) mass is 544 g/mol. The second-order valence-electron chi connectivity index (χ2n) is 9.41. The first-order valence-electron chi connectivity index (χ1n) is 10.6. The van der Waals surface area contributed by atoms with E-state index in [4.69, 9.17) is 4.55 Å². The molecule has 4 saturated carbocycles. The molecular formula is C19H23F7O8S. The number of esters is 2. The standard InChI is InChI=1S/C19H23F7O8S/c1-2-32-14(28)17(18(22,23)24,33-9-16(20,21)19(25,26)35(29,30)31)34-13(27)15-6-10-3-11(7-15)5-12(4-10)8-15/h10-12H,2-9H2,1H3,(H,29,30,31). The number of halogens is 7. The zero-order valence-corrected chi connectivity index (χ0v) is 19.1. The van der Waals surface area contributed by atoms with Crippen molar-refractivity contribution in [2.45, 2.75) is 68.6 Å². The molecule has 0 aromatic carbocycles. The van der Waals surface area contributed by atoms with Crippen molar-refractivity contribution in [1.82, 2.24) is 0 Å². The molecule has 4 aliphatic carbocycles. The molecular weight excluding hydrogens is 521 g/mol. The van der Waals surface area contributed by atoms with Gasteiger partial charge in [-0.05, 0) is 63.2 Å². The van der Waals surface area contributed by atoms with Gasteiger partial charge in [0.1, 0.15) is 6.61 Å². The Balaban J connectivity index is 1.96. The summed E-state index contributed by atoms with van der Waals surface area (Å²) >= 11 is 0. The molecule has 35 heavy (non-hydrogen) atoms. The number of ether oxygens (including phenoxy) is 3. The first-order chi connectivity index (χ1) is 15.8. The molecule has 0 aromatic heterocycles. The van der Waals surface area contributed by atoms with Gasteiger partial charge in [0.15, 0.2) is 0 Å². The Labute approximate surface area is 195 Å². The summed E-state index contributed by atoms with van der Waals surface area (Å²) in [6.07, 6.45) is -3.45. The topological polar surface area (TPSA) is 116 Å². The minimum atomic E-state index is -6.82. The Bertz CT molecular complexity index is 929. The van der Waals surface area contributed by atoms with Crippen LogP contribution in [-0.4, -0.2) is 61.3 Å². The van der Waals surface area contributed by atoms with Gasteiger partial charge in [-0.1, -0.05) is 0 Å². The Kier molecular flexibility index (Phi) is 6.95. The molecule has 0 amide bonds. The fraction of sp³-hybridized carbons (Fsp3) is 0.895. The van der Waals surface area contributed by atoms with Crippen LogP contribution in [0, 0.1) is 23.2 Å². The third-order valence-electron chi connectivity index (χ3n) is 6.83. The summed E-state index contributed by atoms with van der Waals surface area (Å²) in [6.45, 7) is -2.82. The van der Waals surface area contributed by atoms with Gasteiger partial charge in [0.05, 0.1) is 12.0 Å². The molecule has 0 radical (unpaired) electrons. The molecule has 1 unspecified atom stereocenters. The number of hydrogen-bond acceptors (Lipinski definition) is 7. The number of hydrogen-bond donors (Lipinski definition) is 1. The Morgan fingerprint density at radius 1 is 0.943 bits per heavy atom. The number of carbonyl (C=O) groups excluding carboxylic acids is 2. The summed E-state index contributed by atoms with van der Waals surface area (Å²) in [5.74, 6) is -14.9. The second kappa shape index (κ2) is 8.71. The molecule has 4 fully saturated rings. The van der Waals surface area contributed by atoms with Gasteiger partial charge in [-0.25, -0.2) is 4.79 Å². The fourth-order valence-corrected chi connectivity index (χ4v) is 6.11. The van der Waals surface area contributed by atoms with Crippen molar-refractivity contribution in [3.63, 3.8) is 0 Å². The van der Waals surface area contributed by atoms with Crippen LogP contribution in [0.2, 0.25) is 0 Å². The van der Waals surface area contributed by atoms with Crippen molar-refractivity contribution in [1.29, 1.82) is 0 Å². The van der Waals surface area contributed by atoms with Gasteiger partial charge >= 0.3 is 45.2 Å². The van der Waals surface area contributed by atoms with Gasteiger partial charge in [0.2, 0.25) is 0 Å². The lowest BCUT2D eigenvalue weighted by Gasteiger charge is -2.55. The zero-order chi connectivity index (χ0) is 26.7. The average Bonchev–Trinajstić information content (AvgIpc) is 2.68. The van der Waals surface area contributed by atoms with E-state index in [0.717, 1.165) is 26.2 Å². The molecule has 1 atom stereocenters. The van der Waals surface area contributed by atoms with Crippen molar-refractivity contribution in [3.8, 4) is 0 Å². The third kappa shape index (κ3) is 4.72. The highest BCUT2D eigenvalue weighted by atomic mass is 32.2. The van der Waals surface area contributed by atoms with Crippen LogP contribution in [0.25, 0.3) is 0 Å². The largest absolute Gasteiger partial charge is 0.468 e. The first kappa shape index (κ1) is 27.9. The van der Waals surface area contributed by atoms with Gasteiger partial charge in [0.25, 0.3) is 0 Å². The molecule has 4 rings (SSSR count). The molecule has 202 valence electrons. The zero-order valence-electron chi connectivity index (χ0n) is 18.2. The van der Waals surface area contributed by atoms with Crippen molar-refractivity contribution in [3.05, 3.63) is 0 Å². The highest BCUT2D eigenvalue weighted by Gasteiger charge is 2.73. The lowest BCUT2D eigenvalue weighted by Crippen LogP contribution is -2.63. The molecule has 0 aromatic rings. The van der Waals surface area contributed by atoms with Crippen LogP contribution < -0.4 is 0 Å². The predicted octanol–water partition coefficient (Wildman–Crippen LogP) is 3.70. The van der Waals surface area contributed by atoms with E-state index in [1.807, 2.05) is 0 Å². The number of rotatable bonds is 9. The second-order valence-corrected chi connectivity index (χ2v) is 10.9. The molecule has 0 spiro atoms. The van der Waals surface area contributed by atoms with Crippen LogP contribution in [0.3, 0.4) is 0 Å². The lowest BCUT2D eigenvalue weighted by atomic mass is 9.49. The minimum Gasteiger partial charge on any atom is -0.461 e. The van der Waals surface area contributed by atoms with Crippen LogP contribution in [0.5, 0.6) is 0 Å². The van der Waals surface area contributed by atoms with E-state index in [-0.39, 0.29) is 37.0 Å². The van der Waals surface area contributed by atoms with E-state index >= 15 is 0 Å². The molecule has 0 saturated heterocycles. The van der Waals surface area contributed by atoms with E-state index in [1.54, 1.807) is 0 Å². The van der Waals surface area contributed by atoms with Crippen molar-refractivity contribution >= 4 is 22.1 Å². The summed E-state index contributed by atoms with van der Waals surface area (Å²) in [4.78, 5) is 25.4. The van der Waals surface area contributed by atoms with Gasteiger partial charge in [-0.15, -0.1) is 0 Å². The molecule has 0 aliphatic heterocycles. The normalized spacial score (nSPS) is 30.6. The van der Waals surface area contributed by atoms with Gasteiger partial charge in [0, 0.05) is 0 Å². The average molecular weight is 544 g/mol. The summed E-state index contributed by atoms with van der Waals surface area (Å²) < 4.78 is 139. The van der Waals surface area contributed by atoms with Crippen LogP contribution in [-0.2, 0) is 33.9 Å². The van der Waals surface area contributed by atoms with Crippen LogP contribution in [0.15, 0.2) is 0 Å². The van der Waals surface area contributed by atoms with Crippen molar-refractivity contribution in [2.24, 2.45) is 23.2 Å². The van der Waals surface area contributed by atoms with Gasteiger partial charge in [-0.2, -0.15) is 39.2 Å². The summed E-state index contributed by atoms with van der Waals surface area (Å²) in [5.41, 5.74) is -1.46. The van der Waals surface area contributed by atoms with Crippen molar-refractivity contribution < 1.29 is 67.5 Å². The van der Waals surface area contributed by atoms with E-state index in [2.05, 4.69) is 14.2 Å². The van der Waals surface area contributed by atoms with Crippen molar-refractivity contribution in [2.75, 3.05) is 13.2 Å². The summed E-state index contributed by atoms with van der Waals surface area (Å²) in [5, 5.41) is -6.30. The minimum absolute atomic E-state index is 0.00962. The van der Waals surface area contributed by atoms with Crippen LogP contribution in [0.4, 0.5) is 30.7 Å². The maximum atomic E-state index is 14.1. The summed E-state index contributed by atoms with van der Waals surface area (Å²) in [6, 6.07) is 0. The molecule has 1 N–H and O–H groups in total. The van der Waals surface area contributed by atoms with Crippen LogP contribution >= 0.6 is 0 Å². The van der Waals surface area contributed by atoms with E-state index in [1.165, 1.54) is 0 Å². The maximum absolute atomic E-state index is 14.1. The fourth-order valence-electron chi connectivity index (χ4n) is 5.68. The van der Waals surface area contributed by atoms with Crippen LogP contribution in [0.1, 0.15) is 45.4 Å². The lowest BCUT2D eigenvalue weighted by molar-refractivity contribution is -0.371. The van der Waals surface area contributed by atoms with E-state index in [0.29, 0.717) is 0 Å². The van der Waals surface area contributed by atoms with E-state index in [9.17, 15) is 48.7 Å². The Morgan fingerprint density at radius 2 is 1.40 bits per heavy atom. The van der Waals surface area contributed by atoms with Gasteiger partial charge < -0.3 is 14.2 Å². The summed E-state index contributed by atoms with van der Waals surface area (Å²) in [7, 11) is -6.82. The molecule has 8 nitrogen and oxygen atoms in total. The highest BCUT2D eigenvalue weighted by molar-refractivity contribution is 7.87. The molecule has 4 aliphatic rings. The highest BCUT2D eigenvalue weighted by Crippen LogP contribution is 2.61. The number of carbonyl (C=O) groups is 2. The van der Waals surface area contributed by atoms with Gasteiger partial charge in [-0.3, -0.25) is 9.35 Å². The molecule has 16 heteroatoms. The smallest absolute Gasteiger partial charge is 0.461 e. The first-order valence-corrected chi connectivity index (χ1v) is 12.1. The maximum Gasteiger partial charge on any atom is 0.468 e. The van der Waals surface area contributed by atoms with E-state index < -0.39 is 63.8 Å². The number of alkyl halides is 7. The predicted molar refractivity (Wildman–Crippen MR) is 99.5 cm³/mol. The Morgan fingerprint density at radius 3 is 1.77 bits per heavy atom. The molecule has 4 bridgehead atoms. The quantitative estimate of drug-likeness (QED) is 0.202. The molecule has 0 heterocycles. The SMILES string of the molecule is CCOC(=O)C(OCC(F)(F)C(F)(F)S(=O)(=O)O)(OC(=O)C12CC3CC(CC(C3)C1)C2)C(F)(F)F. The third-order valence-corrected chi connectivity index (χ3v) is 7.78.